The molecule has 0 bridgehead atoms. The van der Waals surface area contributed by atoms with Gasteiger partial charge in [0.05, 0.1) is 22.2 Å². The van der Waals surface area contributed by atoms with Gasteiger partial charge in [0.2, 0.25) is 0 Å². The molecule has 270 valence electrons. The van der Waals surface area contributed by atoms with Gasteiger partial charge in [-0.25, -0.2) is 0 Å². The maximum absolute atomic E-state index is 2.51. The van der Waals surface area contributed by atoms with E-state index in [4.69, 9.17) is 0 Å². The number of fused-ring (bicyclic) bond motifs is 6. The molecule has 8 aromatic carbocycles. The number of hydrogen-bond acceptors (Lipinski definition) is 0. The molecule has 1 atom stereocenters. The van der Waals surface area contributed by atoms with E-state index < -0.39 is 0 Å². The normalized spacial score (nSPS) is 13.9. The summed E-state index contributed by atoms with van der Waals surface area (Å²) in [5.74, 6) is 0.340. The molecule has 2 heterocycles. The van der Waals surface area contributed by atoms with Crippen molar-refractivity contribution in [2.75, 3.05) is 0 Å². The van der Waals surface area contributed by atoms with Crippen molar-refractivity contribution in [3.05, 3.63) is 217 Å². The first-order valence-electron chi connectivity index (χ1n) is 20.0. The summed E-state index contributed by atoms with van der Waals surface area (Å²) in [5, 5.41) is 3.87. The molecule has 2 aromatic heterocycles. The van der Waals surface area contributed by atoms with Crippen LogP contribution in [0, 0.1) is 5.92 Å². The van der Waals surface area contributed by atoms with Crippen LogP contribution in [0.4, 0.5) is 0 Å². The lowest BCUT2D eigenvalue weighted by Crippen LogP contribution is -2.11. The number of rotatable bonds is 6. The lowest BCUT2D eigenvalue weighted by Gasteiger charge is -2.24. The van der Waals surface area contributed by atoms with Crippen LogP contribution in [0.25, 0.3) is 89.1 Å². The minimum atomic E-state index is 0.340. The molecule has 0 saturated heterocycles. The third-order valence-electron chi connectivity index (χ3n) is 12.0. The van der Waals surface area contributed by atoms with E-state index in [-0.39, 0.29) is 0 Å². The van der Waals surface area contributed by atoms with Crippen LogP contribution >= 0.6 is 0 Å². The summed E-state index contributed by atoms with van der Waals surface area (Å²) in [6.45, 7) is 2.40. The van der Waals surface area contributed by atoms with Gasteiger partial charge in [-0.3, -0.25) is 0 Å². The number of allylic oxidation sites excluding steroid dienone is 1. The van der Waals surface area contributed by atoms with Crippen molar-refractivity contribution in [3.8, 4) is 44.8 Å². The first-order chi connectivity index (χ1) is 28.2. The summed E-state index contributed by atoms with van der Waals surface area (Å²) in [6.07, 6.45) is 3.46. The van der Waals surface area contributed by atoms with Crippen molar-refractivity contribution in [2.24, 2.45) is 5.92 Å². The standard InChI is InChI=1S/C55H40N2/c1-37-31-51-48-22-12-14-24-53(48)57(46-33-43(39-17-7-3-8-18-39)32-44(34-46)40-19-9-4-10-20-40)55(51)36-50(37)42-27-30-49-47-21-11-13-23-52(47)56(54(49)35-42)45-28-25-41(26-29-45)38-15-5-2-6-16-38/h2-30,32-37H,31H2,1H3. The maximum atomic E-state index is 2.51. The van der Waals surface area contributed by atoms with Crippen molar-refractivity contribution in [2.45, 2.75) is 13.3 Å². The SMILES string of the molecule is CC1Cc2c(n(-c3cc(-c4ccccc4)cc(-c4ccccc4)c3)c3ccccc23)C=C1c1ccc2c3ccccc3n(-c3ccc(-c4ccccc4)cc3)c2c1. The van der Waals surface area contributed by atoms with Crippen LogP contribution < -0.4 is 0 Å². The molecule has 0 N–H and O–H groups in total. The minimum absolute atomic E-state index is 0.340. The lowest BCUT2D eigenvalue weighted by molar-refractivity contribution is 0.738. The second-order valence-corrected chi connectivity index (χ2v) is 15.4. The van der Waals surface area contributed by atoms with Gasteiger partial charge in [0.15, 0.2) is 0 Å². The van der Waals surface area contributed by atoms with Gasteiger partial charge in [0.1, 0.15) is 0 Å². The Morgan fingerprint density at radius 3 is 1.49 bits per heavy atom. The van der Waals surface area contributed by atoms with Crippen LogP contribution in [0.5, 0.6) is 0 Å². The second-order valence-electron chi connectivity index (χ2n) is 15.4. The van der Waals surface area contributed by atoms with Gasteiger partial charge in [-0.15, -0.1) is 0 Å². The molecular weight excluding hydrogens is 689 g/mol. The van der Waals surface area contributed by atoms with E-state index in [9.17, 15) is 0 Å². The molecule has 0 aliphatic heterocycles. The van der Waals surface area contributed by atoms with Crippen molar-refractivity contribution in [1.82, 2.24) is 9.13 Å². The Balaban J connectivity index is 1.10. The van der Waals surface area contributed by atoms with Crippen molar-refractivity contribution in [1.29, 1.82) is 0 Å². The molecule has 57 heavy (non-hydrogen) atoms. The predicted molar refractivity (Wildman–Crippen MR) is 241 cm³/mol. The van der Waals surface area contributed by atoms with E-state index in [0.29, 0.717) is 5.92 Å². The van der Waals surface area contributed by atoms with E-state index in [0.717, 1.165) is 6.42 Å². The largest absolute Gasteiger partial charge is 0.310 e. The zero-order valence-electron chi connectivity index (χ0n) is 31.8. The average molecular weight is 729 g/mol. The summed E-state index contributed by atoms with van der Waals surface area (Å²) in [7, 11) is 0. The topological polar surface area (TPSA) is 9.86 Å². The molecule has 1 aliphatic carbocycles. The third-order valence-corrected chi connectivity index (χ3v) is 12.0. The molecule has 1 unspecified atom stereocenters. The minimum Gasteiger partial charge on any atom is -0.310 e. The Morgan fingerprint density at radius 2 is 0.860 bits per heavy atom. The summed E-state index contributed by atoms with van der Waals surface area (Å²) in [5.41, 5.74) is 18.6. The summed E-state index contributed by atoms with van der Waals surface area (Å²) in [6, 6.07) is 73.2. The van der Waals surface area contributed by atoms with Crippen LogP contribution in [0.3, 0.4) is 0 Å². The molecule has 10 aromatic rings. The number of para-hydroxylation sites is 2. The maximum Gasteiger partial charge on any atom is 0.0547 e. The molecule has 2 heteroatoms. The van der Waals surface area contributed by atoms with Crippen LogP contribution in [0.15, 0.2) is 200 Å². The Labute approximate surface area is 333 Å². The van der Waals surface area contributed by atoms with Crippen LogP contribution in [-0.2, 0) is 6.42 Å². The lowest BCUT2D eigenvalue weighted by atomic mass is 9.83. The quantitative estimate of drug-likeness (QED) is 0.161. The zero-order valence-corrected chi connectivity index (χ0v) is 31.8. The van der Waals surface area contributed by atoms with Gasteiger partial charge in [-0.05, 0) is 117 Å². The fourth-order valence-electron chi connectivity index (χ4n) is 9.24. The van der Waals surface area contributed by atoms with Gasteiger partial charge in [0, 0.05) is 27.5 Å². The number of nitrogens with zero attached hydrogens (tertiary/aromatic N) is 2. The fourth-order valence-corrected chi connectivity index (χ4v) is 9.24. The highest BCUT2D eigenvalue weighted by atomic mass is 15.0. The molecular formula is C55H40N2. The number of hydrogen-bond donors (Lipinski definition) is 0. The van der Waals surface area contributed by atoms with Gasteiger partial charge >= 0.3 is 0 Å². The van der Waals surface area contributed by atoms with Crippen LogP contribution in [0.1, 0.15) is 23.7 Å². The average Bonchev–Trinajstić information content (AvgIpc) is 3.79. The summed E-state index contributed by atoms with van der Waals surface area (Å²) < 4.78 is 4.96. The van der Waals surface area contributed by atoms with E-state index in [1.807, 2.05) is 0 Å². The molecule has 0 spiro atoms. The summed E-state index contributed by atoms with van der Waals surface area (Å²) >= 11 is 0. The molecule has 11 rings (SSSR count). The third kappa shape index (κ3) is 5.64. The van der Waals surface area contributed by atoms with Crippen molar-refractivity contribution < 1.29 is 0 Å². The van der Waals surface area contributed by atoms with Crippen molar-refractivity contribution >= 4 is 44.4 Å². The molecule has 0 amide bonds. The van der Waals surface area contributed by atoms with E-state index in [1.165, 1.54) is 99.9 Å². The number of aromatic nitrogens is 2. The second kappa shape index (κ2) is 13.5. The Hall–Kier alpha value is -7.16. The Morgan fingerprint density at radius 1 is 0.368 bits per heavy atom. The van der Waals surface area contributed by atoms with Gasteiger partial charge in [0.25, 0.3) is 0 Å². The Bertz CT molecular complexity index is 3070. The van der Waals surface area contributed by atoms with E-state index in [2.05, 4.69) is 222 Å². The highest BCUT2D eigenvalue weighted by Gasteiger charge is 2.27. The Kier molecular flexibility index (Phi) is 7.89. The highest BCUT2D eigenvalue weighted by molar-refractivity contribution is 6.10. The van der Waals surface area contributed by atoms with Crippen LogP contribution in [0.2, 0.25) is 0 Å². The zero-order chi connectivity index (χ0) is 37.9. The molecule has 0 radical (unpaired) electrons. The van der Waals surface area contributed by atoms with E-state index in [1.54, 1.807) is 0 Å². The molecule has 2 nitrogen and oxygen atoms in total. The molecule has 1 aliphatic rings. The molecule has 0 fully saturated rings. The molecule has 0 saturated carbocycles. The van der Waals surface area contributed by atoms with Gasteiger partial charge < -0.3 is 9.13 Å². The first kappa shape index (κ1) is 33.2. The van der Waals surface area contributed by atoms with E-state index >= 15 is 0 Å². The van der Waals surface area contributed by atoms with Crippen LogP contribution in [-0.4, -0.2) is 9.13 Å². The van der Waals surface area contributed by atoms with Gasteiger partial charge in [-0.2, -0.15) is 0 Å². The van der Waals surface area contributed by atoms with Crippen molar-refractivity contribution in [3.63, 3.8) is 0 Å². The predicted octanol–water partition coefficient (Wildman–Crippen LogP) is 14.5. The first-order valence-corrected chi connectivity index (χ1v) is 20.0. The fraction of sp³-hybridized carbons (Fsp3) is 0.0545. The van der Waals surface area contributed by atoms with Gasteiger partial charge in [-0.1, -0.05) is 159 Å². The summed E-state index contributed by atoms with van der Waals surface area (Å²) in [4.78, 5) is 0. The smallest absolute Gasteiger partial charge is 0.0547 e. The monoisotopic (exact) mass is 728 g/mol. The highest BCUT2D eigenvalue weighted by Crippen LogP contribution is 2.43. The number of benzene rings is 8.